The van der Waals surface area contributed by atoms with Crippen molar-refractivity contribution in [3.63, 3.8) is 0 Å². The number of carbonyl (C=O) groups is 5. The van der Waals surface area contributed by atoms with Gasteiger partial charge in [0, 0.05) is 13.8 Å². The Morgan fingerprint density at radius 1 is 0.541 bits per heavy atom. The Kier molecular flexibility index (Phi) is 13.8. The van der Waals surface area contributed by atoms with Gasteiger partial charge in [0.2, 0.25) is 11.1 Å². The van der Waals surface area contributed by atoms with Crippen LogP contribution in [0.3, 0.4) is 0 Å². The number of ether oxygens (including phenoxy) is 5. The lowest BCUT2D eigenvalue weighted by Crippen LogP contribution is -2.57. The number of benzene rings is 5. The molecule has 0 aromatic heterocycles. The Labute approximate surface area is 357 Å². The van der Waals surface area contributed by atoms with E-state index in [9.17, 15) is 24.0 Å². The summed E-state index contributed by atoms with van der Waals surface area (Å²) in [6.07, 6.45) is -7.36. The van der Waals surface area contributed by atoms with Crippen LogP contribution in [-0.2, 0) is 23.7 Å². The topological polar surface area (TPSA) is 159 Å². The van der Waals surface area contributed by atoms with Crippen LogP contribution < -0.4 is 0 Å². The summed E-state index contributed by atoms with van der Waals surface area (Å²) in [6.45, 7) is 5.85. The van der Waals surface area contributed by atoms with Crippen LogP contribution in [0.4, 0.5) is 0 Å². The van der Waals surface area contributed by atoms with Crippen LogP contribution >= 0.6 is 11.6 Å². The lowest BCUT2D eigenvalue weighted by Gasteiger charge is -2.35. The van der Waals surface area contributed by atoms with Gasteiger partial charge in [0.15, 0.2) is 18.3 Å². The number of carbonyl (C=O) groups excluding carboxylic acids is 5. The predicted molar refractivity (Wildman–Crippen MR) is 223 cm³/mol. The van der Waals surface area contributed by atoms with Crippen LogP contribution in [0, 0.1) is 0 Å². The van der Waals surface area contributed by atoms with Crippen molar-refractivity contribution in [2.45, 2.75) is 62.8 Å². The third-order valence-electron chi connectivity index (χ3n) is 9.10. The number of hydrogen-bond donors (Lipinski definition) is 0. The van der Waals surface area contributed by atoms with Gasteiger partial charge in [0.25, 0.3) is 5.66 Å². The van der Waals surface area contributed by atoms with Crippen LogP contribution in [0.15, 0.2) is 162 Å². The maximum absolute atomic E-state index is 14.3. The molecule has 6 rings (SSSR count). The van der Waals surface area contributed by atoms with E-state index in [1.165, 1.54) is 65.4 Å². The van der Waals surface area contributed by atoms with Gasteiger partial charge < -0.3 is 23.7 Å². The normalized spacial score (nSPS) is 15.1. The lowest BCUT2D eigenvalue weighted by atomic mass is 9.99. The highest BCUT2D eigenvalue weighted by molar-refractivity contribution is 6.22. The second kappa shape index (κ2) is 19.4. The molecule has 0 unspecified atom stereocenters. The molecule has 0 bridgehead atoms. The summed E-state index contributed by atoms with van der Waals surface area (Å²) in [4.78, 5) is 73.7. The zero-order valence-electron chi connectivity index (χ0n) is 33.8. The Balaban J connectivity index is 1.57. The van der Waals surface area contributed by atoms with E-state index in [4.69, 9.17) is 45.4 Å². The molecule has 1 heterocycles. The standard InChI is InChI=1S/C47H43ClN3O10/c1-46(2,48)51-40(49-47(3,4)50-51)39(61-45(56)35-28-18-9-19-29-35)38(60-44(55)34-26-16-8-17-27-34)37(59-43(54)33-24-14-7-15-25-33)36(58-42(53)32-22-12-6-13-23-32)30-57-41(52)31-20-10-5-11-21-31/h5-29,36-39H,30H2,1-4H3/q+1/t36-,37-,38+,39+/m1/s1. The Morgan fingerprint density at radius 2 is 0.885 bits per heavy atom. The van der Waals surface area contributed by atoms with Gasteiger partial charge in [-0.05, 0) is 79.5 Å². The van der Waals surface area contributed by atoms with Gasteiger partial charge in [-0.3, -0.25) is 0 Å². The van der Waals surface area contributed by atoms with Gasteiger partial charge in [-0.25, -0.2) is 24.0 Å². The molecule has 0 saturated carbocycles. The van der Waals surface area contributed by atoms with E-state index in [1.807, 2.05) is 0 Å². The van der Waals surface area contributed by atoms with Gasteiger partial charge >= 0.3 is 35.7 Å². The summed E-state index contributed by atoms with van der Waals surface area (Å²) in [6, 6.07) is 39.7. The molecule has 4 atom stereocenters. The summed E-state index contributed by atoms with van der Waals surface area (Å²) in [5.74, 6) is -4.63. The predicted octanol–water partition coefficient (Wildman–Crippen LogP) is 8.33. The summed E-state index contributed by atoms with van der Waals surface area (Å²) >= 11 is 6.94. The molecule has 312 valence electrons. The number of halogens is 1. The van der Waals surface area contributed by atoms with Crippen molar-refractivity contribution in [2.75, 3.05) is 6.61 Å². The van der Waals surface area contributed by atoms with Crippen LogP contribution in [0.1, 0.15) is 79.5 Å². The summed E-state index contributed by atoms with van der Waals surface area (Å²) < 4.78 is 32.1. The van der Waals surface area contributed by atoms with Gasteiger partial charge in [-0.1, -0.05) is 108 Å². The molecule has 1 aliphatic heterocycles. The third kappa shape index (κ3) is 11.4. The van der Waals surface area contributed by atoms with Crippen molar-refractivity contribution >= 4 is 47.3 Å². The first-order valence-electron chi connectivity index (χ1n) is 19.3. The molecular formula is C47H43ClN3O10+. The van der Waals surface area contributed by atoms with Crippen molar-refractivity contribution in [3.8, 4) is 0 Å². The number of esters is 5. The molecule has 61 heavy (non-hydrogen) atoms. The molecule has 1 aliphatic rings. The molecule has 0 spiro atoms. The Hall–Kier alpha value is -6.99. The summed E-state index contributed by atoms with van der Waals surface area (Å²) in [5, 5.41) is 4.69. The van der Waals surface area contributed by atoms with E-state index in [2.05, 4.69) is 0 Å². The van der Waals surface area contributed by atoms with E-state index in [0.29, 0.717) is 0 Å². The summed E-state index contributed by atoms with van der Waals surface area (Å²) in [7, 11) is 0. The molecule has 0 amide bonds. The molecule has 0 N–H and O–H groups in total. The van der Waals surface area contributed by atoms with Crippen LogP contribution in [0.25, 0.3) is 0 Å². The lowest BCUT2D eigenvalue weighted by molar-refractivity contribution is -0.538. The zero-order chi connectivity index (χ0) is 43.6. The van der Waals surface area contributed by atoms with Crippen LogP contribution in [0.5, 0.6) is 0 Å². The smallest absolute Gasteiger partial charge is 0.362 e. The highest BCUT2D eigenvalue weighted by atomic mass is 35.5. The molecule has 0 fully saturated rings. The number of aliphatic imine (C=N–C) groups is 1. The molecule has 0 aliphatic carbocycles. The quantitative estimate of drug-likeness (QED) is 0.0311. The first-order valence-corrected chi connectivity index (χ1v) is 19.7. The van der Waals surface area contributed by atoms with Crippen molar-refractivity contribution in [3.05, 3.63) is 179 Å². The van der Waals surface area contributed by atoms with E-state index < -0.39 is 71.5 Å². The average Bonchev–Trinajstić information content (AvgIpc) is 3.62. The van der Waals surface area contributed by atoms with Gasteiger partial charge in [-0.2, -0.15) is 0 Å². The molecule has 13 nitrogen and oxygen atoms in total. The minimum absolute atomic E-state index is 0.0609. The minimum Gasteiger partial charge on any atom is -0.458 e. The van der Waals surface area contributed by atoms with E-state index in [0.717, 1.165) is 0 Å². The SMILES string of the molecule is CC1(C)N=C([C@@H](OC(=O)c2ccccc2)[C@@H](OC(=O)c2ccccc2)[C@H](OC(=O)c2ccccc2)[C@@H](COC(=O)c2ccccc2)OC(=O)c2ccccc2)[N+](C(C)(C)Cl)=N1. The first-order chi connectivity index (χ1) is 29.2. The van der Waals surface area contributed by atoms with Crippen molar-refractivity contribution in [1.29, 1.82) is 0 Å². The third-order valence-corrected chi connectivity index (χ3v) is 9.26. The van der Waals surface area contributed by atoms with Crippen LogP contribution in [0.2, 0.25) is 0 Å². The van der Waals surface area contributed by atoms with E-state index in [1.54, 1.807) is 119 Å². The first kappa shape index (κ1) is 43.6. The minimum atomic E-state index is -1.92. The number of hydrogen-bond acceptors (Lipinski definition) is 12. The number of nitrogens with zero attached hydrogens (tertiary/aromatic N) is 3. The Bertz CT molecular complexity index is 2390. The van der Waals surface area contributed by atoms with Gasteiger partial charge in [0.1, 0.15) is 6.61 Å². The van der Waals surface area contributed by atoms with Gasteiger partial charge in [-0.15, -0.1) is 4.70 Å². The van der Waals surface area contributed by atoms with Crippen molar-refractivity contribution in [1.82, 2.24) is 0 Å². The number of amidine groups is 1. The second-order valence-corrected chi connectivity index (χ2v) is 15.6. The Morgan fingerprint density at radius 3 is 1.28 bits per heavy atom. The fourth-order valence-electron chi connectivity index (χ4n) is 6.22. The fourth-order valence-corrected chi connectivity index (χ4v) is 6.35. The molecule has 14 heteroatoms. The van der Waals surface area contributed by atoms with Crippen molar-refractivity contribution in [2.24, 2.45) is 10.1 Å². The monoisotopic (exact) mass is 844 g/mol. The zero-order valence-corrected chi connectivity index (χ0v) is 34.5. The molecule has 5 aromatic carbocycles. The molecular weight excluding hydrogens is 802 g/mol. The average molecular weight is 845 g/mol. The van der Waals surface area contributed by atoms with E-state index in [-0.39, 0.29) is 33.7 Å². The van der Waals surface area contributed by atoms with Crippen LogP contribution in [-0.4, -0.2) is 82.1 Å². The molecule has 0 radical (unpaired) electrons. The molecule has 0 saturated heterocycles. The van der Waals surface area contributed by atoms with Crippen molar-refractivity contribution < 1.29 is 52.4 Å². The highest BCUT2D eigenvalue weighted by Gasteiger charge is 2.56. The highest BCUT2D eigenvalue weighted by Crippen LogP contribution is 2.32. The maximum atomic E-state index is 14.3. The maximum Gasteiger partial charge on any atom is 0.362 e. The number of azo groups is 2. The van der Waals surface area contributed by atoms with Gasteiger partial charge in [0.05, 0.1) is 27.8 Å². The number of rotatable bonds is 16. The second-order valence-electron chi connectivity index (χ2n) is 14.7. The number of alkyl halides is 1. The largest absolute Gasteiger partial charge is 0.458 e. The van der Waals surface area contributed by atoms with E-state index >= 15 is 0 Å². The fraction of sp³-hybridized carbons (Fsp3) is 0.234. The molecule has 5 aromatic rings. The summed E-state index contributed by atoms with van der Waals surface area (Å²) in [5.41, 5.74) is -0.711.